The van der Waals surface area contributed by atoms with Gasteiger partial charge in [0, 0.05) is 48.4 Å². The van der Waals surface area contributed by atoms with Gasteiger partial charge in [-0.25, -0.2) is 0 Å². The smallest absolute Gasteiger partial charge is 0.333 e. The number of fused-ring (bicyclic) bond motifs is 10. The number of hydrogen-bond donors (Lipinski definition) is 0. The molecule has 0 unspecified atom stereocenters. The summed E-state index contributed by atoms with van der Waals surface area (Å²) in [7, 11) is 0. The van der Waals surface area contributed by atoms with Crippen LogP contribution in [-0.4, -0.2) is 11.3 Å². The Labute approximate surface area is 286 Å². The number of nitrogens with zero attached hydrogens (tertiary/aromatic N) is 2. The van der Waals surface area contributed by atoms with Crippen molar-refractivity contribution in [3.63, 3.8) is 0 Å². The molecule has 232 valence electrons. The number of rotatable bonds is 1. The van der Waals surface area contributed by atoms with E-state index in [1.807, 2.05) is 11.3 Å². The molecule has 0 saturated carbocycles. The van der Waals surface area contributed by atoms with E-state index in [9.17, 15) is 0 Å². The molecule has 6 aromatic carbocycles. The molecule has 8 aromatic rings. The molecule has 0 bridgehead atoms. The Morgan fingerprint density at radius 1 is 0.583 bits per heavy atom. The largest absolute Gasteiger partial charge is 0.375 e. The highest BCUT2D eigenvalue weighted by Crippen LogP contribution is 2.51. The molecular formula is C44H37BN2S. The Morgan fingerprint density at radius 2 is 1.27 bits per heavy atom. The van der Waals surface area contributed by atoms with Gasteiger partial charge in [-0.2, -0.15) is 0 Å². The topological polar surface area (TPSA) is 8.17 Å². The normalized spacial score (nSPS) is 14.0. The van der Waals surface area contributed by atoms with E-state index < -0.39 is 0 Å². The number of thiophene rings is 1. The van der Waals surface area contributed by atoms with Crippen molar-refractivity contribution in [2.45, 2.75) is 52.4 Å². The zero-order valence-electron chi connectivity index (χ0n) is 28.3. The summed E-state index contributed by atoms with van der Waals surface area (Å²) in [6.45, 7) is 14.1. The quantitative estimate of drug-likeness (QED) is 0.163. The summed E-state index contributed by atoms with van der Waals surface area (Å²) >= 11 is 1.92. The number of benzene rings is 6. The van der Waals surface area contributed by atoms with Crippen molar-refractivity contribution in [2.24, 2.45) is 0 Å². The molecule has 4 heteroatoms. The molecule has 2 nitrogen and oxygen atoms in total. The second kappa shape index (κ2) is 9.42. The second-order valence-electron chi connectivity index (χ2n) is 15.8. The molecule has 0 atom stereocenters. The van der Waals surface area contributed by atoms with Crippen LogP contribution in [0.2, 0.25) is 0 Å². The maximum absolute atomic E-state index is 2.70. The summed E-state index contributed by atoms with van der Waals surface area (Å²) in [5.74, 6) is 0. The van der Waals surface area contributed by atoms with Gasteiger partial charge in [-0.05, 0) is 74.0 Å². The van der Waals surface area contributed by atoms with E-state index in [4.69, 9.17) is 0 Å². The maximum Gasteiger partial charge on any atom is 0.333 e. The van der Waals surface area contributed by atoms with Crippen LogP contribution >= 0.6 is 11.3 Å². The van der Waals surface area contributed by atoms with Gasteiger partial charge in [-0.15, -0.1) is 11.3 Å². The summed E-state index contributed by atoms with van der Waals surface area (Å²) < 4.78 is 2.70. The fourth-order valence-corrected chi connectivity index (χ4v) is 9.55. The number of aromatic nitrogens is 1. The van der Waals surface area contributed by atoms with Crippen LogP contribution in [0.1, 0.15) is 52.7 Å². The fourth-order valence-electron chi connectivity index (χ4n) is 8.47. The van der Waals surface area contributed by atoms with Gasteiger partial charge in [0.05, 0.1) is 17.1 Å². The van der Waals surface area contributed by atoms with Crippen molar-refractivity contribution in [2.75, 3.05) is 4.90 Å². The Bertz CT molecular complexity index is 2660. The highest BCUT2D eigenvalue weighted by atomic mass is 32.1. The molecule has 0 fully saturated rings. The number of anilines is 3. The molecule has 2 aliphatic rings. The summed E-state index contributed by atoms with van der Waals surface area (Å²) in [4.78, 5) is 3.99. The molecule has 48 heavy (non-hydrogen) atoms. The van der Waals surface area contributed by atoms with Crippen LogP contribution in [0.5, 0.6) is 0 Å². The van der Waals surface area contributed by atoms with E-state index >= 15 is 0 Å². The molecule has 2 aliphatic heterocycles. The van der Waals surface area contributed by atoms with Gasteiger partial charge in [0.2, 0.25) is 0 Å². The lowest BCUT2D eigenvalue weighted by Gasteiger charge is -2.39. The fraction of sp³-hybridized carbons (Fsp3) is 0.182. The van der Waals surface area contributed by atoms with Gasteiger partial charge in [0.15, 0.2) is 0 Å². The van der Waals surface area contributed by atoms with Gasteiger partial charge in [0.25, 0.3) is 0 Å². The molecule has 0 spiro atoms. The van der Waals surface area contributed by atoms with Crippen LogP contribution in [0.15, 0.2) is 115 Å². The first-order valence-electron chi connectivity index (χ1n) is 17.1. The Morgan fingerprint density at radius 3 is 2.04 bits per heavy atom. The second-order valence-corrected chi connectivity index (χ2v) is 16.7. The first kappa shape index (κ1) is 28.2. The van der Waals surface area contributed by atoms with Crippen LogP contribution in [0.25, 0.3) is 53.8 Å². The SMILES string of the molecule is CC(C)(C)c1ccc2c(c1)c1cc(C(C)(C)C)cc3c1n2B1c2ccc4ccccc4c2N(c2cccc4ccccc24)c2csc-3c21. The molecule has 0 saturated heterocycles. The van der Waals surface area contributed by atoms with Gasteiger partial charge >= 0.3 is 6.85 Å². The third-order valence-electron chi connectivity index (χ3n) is 10.9. The number of hydrogen-bond acceptors (Lipinski definition) is 2. The summed E-state index contributed by atoms with van der Waals surface area (Å²) in [6.07, 6.45) is 0. The standard InChI is InChI=1S/C44H37BN2S/c1-43(2,3)28-19-21-37-32(22-28)33-23-29(44(4,5)6)24-34-40(33)47(37)45-35-20-18-27-13-8-10-16-31(27)41(35)46(38-25-48-42(34)39(38)45)36-17-11-14-26-12-7-9-15-30(26)36/h7-25H,1-6H3. The van der Waals surface area contributed by atoms with Gasteiger partial charge in [0.1, 0.15) is 0 Å². The first-order valence-corrected chi connectivity index (χ1v) is 18.0. The van der Waals surface area contributed by atoms with Crippen molar-refractivity contribution in [1.29, 1.82) is 0 Å². The Balaban J connectivity index is 1.38. The lowest BCUT2D eigenvalue weighted by Crippen LogP contribution is -2.55. The van der Waals surface area contributed by atoms with E-state index in [1.54, 1.807) is 0 Å². The van der Waals surface area contributed by atoms with Crippen molar-refractivity contribution in [3.05, 3.63) is 126 Å². The Hall–Kier alpha value is -4.80. The average molecular weight is 637 g/mol. The van der Waals surface area contributed by atoms with E-state index in [-0.39, 0.29) is 17.7 Å². The van der Waals surface area contributed by atoms with Gasteiger partial charge in [-0.3, -0.25) is 0 Å². The highest BCUT2D eigenvalue weighted by Gasteiger charge is 2.45. The minimum absolute atomic E-state index is 0.0232. The van der Waals surface area contributed by atoms with Crippen molar-refractivity contribution >= 4 is 89.5 Å². The summed E-state index contributed by atoms with van der Waals surface area (Å²) in [5.41, 5.74) is 13.5. The maximum atomic E-state index is 2.70. The van der Waals surface area contributed by atoms with Gasteiger partial charge < -0.3 is 9.38 Å². The molecule has 0 amide bonds. The first-order chi connectivity index (χ1) is 23.1. The summed E-state index contributed by atoms with van der Waals surface area (Å²) in [5, 5.41) is 10.3. The van der Waals surface area contributed by atoms with Crippen molar-refractivity contribution in [3.8, 4) is 10.4 Å². The lowest BCUT2D eigenvalue weighted by atomic mass is 9.46. The predicted octanol–water partition coefficient (Wildman–Crippen LogP) is 11.2. The van der Waals surface area contributed by atoms with Crippen LogP contribution in [0.4, 0.5) is 17.1 Å². The molecule has 2 aromatic heterocycles. The molecule has 0 aliphatic carbocycles. The average Bonchev–Trinajstić information content (AvgIpc) is 3.66. The lowest BCUT2D eigenvalue weighted by molar-refractivity contribution is 0.590. The molecule has 0 N–H and O–H groups in total. The van der Waals surface area contributed by atoms with E-state index in [2.05, 4.69) is 165 Å². The highest BCUT2D eigenvalue weighted by molar-refractivity contribution is 7.17. The van der Waals surface area contributed by atoms with Crippen molar-refractivity contribution < 1.29 is 0 Å². The van der Waals surface area contributed by atoms with Crippen LogP contribution < -0.4 is 15.8 Å². The minimum atomic E-state index is 0.0232. The van der Waals surface area contributed by atoms with E-state index in [0.29, 0.717) is 0 Å². The van der Waals surface area contributed by atoms with Crippen molar-refractivity contribution in [1.82, 2.24) is 4.48 Å². The van der Waals surface area contributed by atoms with Gasteiger partial charge in [-0.1, -0.05) is 120 Å². The van der Waals surface area contributed by atoms with E-state index in [1.165, 1.54) is 92.9 Å². The monoisotopic (exact) mass is 636 g/mol. The molecule has 0 radical (unpaired) electrons. The predicted molar refractivity (Wildman–Crippen MR) is 210 cm³/mol. The Kier molecular flexibility index (Phi) is 5.54. The van der Waals surface area contributed by atoms with Crippen LogP contribution in [0.3, 0.4) is 0 Å². The third kappa shape index (κ3) is 3.70. The molecule has 10 rings (SSSR count). The van der Waals surface area contributed by atoms with Crippen LogP contribution in [-0.2, 0) is 10.8 Å². The molecule has 4 heterocycles. The summed E-state index contributed by atoms with van der Waals surface area (Å²) in [6, 6.07) is 41.5. The van der Waals surface area contributed by atoms with E-state index in [0.717, 1.165) is 0 Å². The third-order valence-corrected chi connectivity index (χ3v) is 11.9. The zero-order chi connectivity index (χ0) is 32.7. The van der Waals surface area contributed by atoms with Crippen LogP contribution in [0, 0.1) is 0 Å². The molecular weight excluding hydrogens is 599 g/mol. The zero-order valence-corrected chi connectivity index (χ0v) is 29.2. The minimum Gasteiger partial charge on any atom is -0.375 e.